The molecule has 8 nitrogen and oxygen atoms in total. The van der Waals surface area contributed by atoms with Crippen molar-refractivity contribution in [1.82, 2.24) is 9.55 Å². The lowest BCUT2D eigenvalue weighted by Crippen LogP contribution is -2.39. The molecule has 8 heteroatoms. The summed E-state index contributed by atoms with van der Waals surface area (Å²) < 4.78 is 6.54. The van der Waals surface area contributed by atoms with Crippen LogP contribution in [0.25, 0.3) is 0 Å². The molecule has 0 saturated heterocycles. The van der Waals surface area contributed by atoms with E-state index in [-0.39, 0.29) is 17.3 Å². The largest absolute Gasteiger partial charge is 0.456 e. The summed E-state index contributed by atoms with van der Waals surface area (Å²) in [5, 5.41) is 0. The first-order chi connectivity index (χ1) is 10.9. The number of nitrogens with two attached hydrogens (primary N) is 1. The maximum Gasteiger partial charge on any atom is 0.330 e. The summed E-state index contributed by atoms with van der Waals surface area (Å²) in [6, 6.07) is 3.17. The first-order valence-corrected chi connectivity index (χ1v) is 7.33. The third kappa shape index (κ3) is 3.20. The minimum Gasteiger partial charge on any atom is -0.456 e. The van der Waals surface area contributed by atoms with Crippen LogP contribution in [0.4, 0.5) is 11.5 Å². The zero-order valence-electron chi connectivity index (χ0n) is 13.4. The molecule has 2 aromatic heterocycles. The van der Waals surface area contributed by atoms with Gasteiger partial charge in [0.1, 0.15) is 11.6 Å². The summed E-state index contributed by atoms with van der Waals surface area (Å²) in [5.74, 6) is 0.119. The Morgan fingerprint density at radius 2 is 2.09 bits per heavy atom. The van der Waals surface area contributed by atoms with Crippen molar-refractivity contribution in [2.75, 3.05) is 17.7 Å². The van der Waals surface area contributed by atoms with E-state index in [0.717, 1.165) is 17.7 Å². The average molecular weight is 320 g/mol. The molecule has 0 aromatic carbocycles. The van der Waals surface area contributed by atoms with Crippen LogP contribution in [-0.4, -0.2) is 22.5 Å². The molecule has 1 amide bonds. The number of nitrogens with one attached hydrogen (secondary N) is 1. The molecule has 2 heterocycles. The van der Waals surface area contributed by atoms with Crippen LogP contribution in [-0.2, 0) is 6.54 Å². The Labute approximate surface area is 132 Å². The van der Waals surface area contributed by atoms with Crippen molar-refractivity contribution in [3.8, 4) is 0 Å². The lowest BCUT2D eigenvalue weighted by atomic mass is 10.3. The predicted molar refractivity (Wildman–Crippen MR) is 86.8 cm³/mol. The van der Waals surface area contributed by atoms with Gasteiger partial charge in [0, 0.05) is 13.6 Å². The number of rotatable bonds is 5. The second kappa shape index (κ2) is 6.55. The number of hydrogen-bond donors (Lipinski definition) is 2. The highest BCUT2D eigenvalue weighted by atomic mass is 16.3. The van der Waals surface area contributed by atoms with Crippen molar-refractivity contribution >= 4 is 17.4 Å². The number of aromatic nitrogens is 2. The molecular formula is C15H20N4O4. The Hall–Kier alpha value is -2.77. The second-order valence-corrected chi connectivity index (χ2v) is 5.27. The number of furan rings is 1. The van der Waals surface area contributed by atoms with E-state index in [2.05, 4.69) is 4.98 Å². The number of carbonyl (C=O) groups is 1. The molecule has 2 rings (SSSR count). The number of hydrogen-bond acceptors (Lipinski definition) is 5. The topological polar surface area (TPSA) is 114 Å². The Bertz CT molecular complexity index is 831. The molecular weight excluding hydrogens is 300 g/mol. The summed E-state index contributed by atoms with van der Waals surface area (Å²) in [6.07, 6.45) is 1.59. The monoisotopic (exact) mass is 320 g/mol. The molecule has 0 radical (unpaired) electrons. The number of anilines is 2. The highest BCUT2D eigenvalue weighted by Gasteiger charge is 2.23. The maximum absolute atomic E-state index is 12.4. The number of amides is 1. The first kappa shape index (κ1) is 16.6. The van der Waals surface area contributed by atoms with Crippen molar-refractivity contribution in [1.29, 1.82) is 0 Å². The van der Waals surface area contributed by atoms with Crippen LogP contribution in [0.5, 0.6) is 0 Å². The van der Waals surface area contributed by atoms with Crippen molar-refractivity contribution in [2.24, 2.45) is 0 Å². The van der Waals surface area contributed by atoms with E-state index in [4.69, 9.17) is 10.2 Å². The third-order valence-corrected chi connectivity index (χ3v) is 3.54. The fourth-order valence-electron chi connectivity index (χ4n) is 2.26. The van der Waals surface area contributed by atoms with Crippen molar-refractivity contribution in [3.05, 3.63) is 44.5 Å². The number of aryl methyl sites for hydroxylation is 1. The fraction of sp³-hybridized carbons (Fsp3) is 0.400. The average Bonchev–Trinajstić information content (AvgIpc) is 2.92. The number of carbonyl (C=O) groups excluding carboxylic acids is 1. The third-order valence-electron chi connectivity index (χ3n) is 3.54. The highest BCUT2D eigenvalue weighted by molar-refractivity contribution is 6.05. The lowest BCUT2D eigenvalue weighted by Gasteiger charge is -2.19. The van der Waals surface area contributed by atoms with Gasteiger partial charge in [0.25, 0.3) is 11.5 Å². The smallest absolute Gasteiger partial charge is 0.330 e. The zero-order valence-corrected chi connectivity index (χ0v) is 13.4. The van der Waals surface area contributed by atoms with Gasteiger partial charge in [0.05, 0.1) is 0 Å². The van der Waals surface area contributed by atoms with E-state index in [9.17, 15) is 14.4 Å². The van der Waals surface area contributed by atoms with Gasteiger partial charge in [-0.15, -0.1) is 0 Å². The van der Waals surface area contributed by atoms with Crippen molar-refractivity contribution in [2.45, 2.75) is 33.2 Å². The summed E-state index contributed by atoms with van der Waals surface area (Å²) in [4.78, 5) is 39.7. The zero-order chi connectivity index (χ0) is 17.1. The molecule has 0 unspecified atom stereocenters. The van der Waals surface area contributed by atoms with Gasteiger partial charge < -0.3 is 15.1 Å². The SMILES string of the molecule is CCCCn1c(N)c(N(C)C(=O)c2ccc(C)o2)c(=O)[nH]c1=O. The van der Waals surface area contributed by atoms with Crippen LogP contribution in [0.1, 0.15) is 36.1 Å². The standard InChI is InChI=1S/C15H20N4O4/c1-4-5-8-19-12(16)11(13(20)17-15(19)22)18(3)14(21)10-7-6-9(2)23-10/h6-7H,4-5,8,16H2,1-3H3,(H,17,20,22). The Kier molecular flexibility index (Phi) is 4.73. The molecule has 124 valence electrons. The van der Waals surface area contributed by atoms with Gasteiger partial charge in [0.2, 0.25) is 0 Å². The summed E-state index contributed by atoms with van der Waals surface area (Å²) in [6.45, 7) is 4.05. The van der Waals surface area contributed by atoms with Gasteiger partial charge in [-0.1, -0.05) is 13.3 Å². The van der Waals surface area contributed by atoms with Gasteiger partial charge in [-0.3, -0.25) is 19.1 Å². The fourth-order valence-corrected chi connectivity index (χ4v) is 2.26. The first-order valence-electron chi connectivity index (χ1n) is 7.33. The van der Waals surface area contributed by atoms with Crippen molar-refractivity contribution in [3.63, 3.8) is 0 Å². The van der Waals surface area contributed by atoms with Gasteiger partial charge in [0.15, 0.2) is 11.4 Å². The Morgan fingerprint density at radius 1 is 1.39 bits per heavy atom. The molecule has 0 atom stereocenters. The van der Waals surface area contributed by atoms with Crippen LogP contribution in [0.15, 0.2) is 26.1 Å². The molecule has 0 bridgehead atoms. The molecule has 0 aliphatic heterocycles. The Morgan fingerprint density at radius 3 is 2.65 bits per heavy atom. The summed E-state index contributed by atoms with van der Waals surface area (Å²) in [7, 11) is 1.41. The van der Waals surface area contributed by atoms with Crippen LogP contribution in [0.2, 0.25) is 0 Å². The van der Waals surface area contributed by atoms with Crippen LogP contribution >= 0.6 is 0 Å². The second-order valence-electron chi connectivity index (χ2n) is 5.27. The quantitative estimate of drug-likeness (QED) is 0.856. The highest BCUT2D eigenvalue weighted by Crippen LogP contribution is 2.19. The Balaban J connectivity index is 2.47. The van der Waals surface area contributed by atoms with Gasteiger partial charge >= 0.3 is 5.69 Å². The number of H-pyrrole nitrogens is 1. The maximum atomic E-state index is 12.4. The molecule has 3 N–H and O–H groups in total. The van der Waals surface area contributed by atoms with E-state index < -0.39 is 17.2 Å². The molecule has 0 aliphatic carbocycles. The molecule has 0 spiro atoms. The lowest BCUT2D eigenvalue weighted by molar-refractivity contribution is 0.0965. The summed E-state index contributed by atoms with van der Waals surface area (Å²) >= 11 is 0. The molecule has 0 fully saturated rings. The number of unbranched alkanes of at least 4 members (excludes halogenated alkanes) is 1. The van der Waals surface area contributed by atoms with Crippen LogP contribution in [0.3, 0.4) is 0 Å². The van der Waals surface area contributed by atoms with Gasteiger partial charge in [-0.05, 0) is 25.5 Å². The van der Waals surface area contributed by atoms with E-state index in [1.54, 1.807) is 13.0 Å². The van der Waals surface area contributed by atoms with E-state index >= 15 is 0 Å². The van der Waals surface area contributed by atoms with Gasteiger partial charge in [-0.25, -0.2) is 4.79 Å². The van der Waals surface area contributed by atoms with Crippen molar-refractivity contribution < 1.29 is 9.21 Å². The molecule has 0 aliphatic rings. The molecule has 23 heavy (non-hydrogen) atoms. The molecule has 0 saturated carbocycles. The minimum atomic E-state index is -0.709. The van der Waals surface area contributed by atoms with E-state index in [0.29, 0.717) is 12.3 Å². The number of nitrogen functional groups attached to an aromatic ring is 1. The normalized spacial score (nSPS) is 10.7. The van der Waals surface area contributed by atoms with Gasteiger partial charge in [-0.2, -0.15) is 0 Å². The predicted octanol–water partition coefficient (Wildman–Crippen LogP) is 1.10. The van der Waals surface area contributed by atoms with Crippen LogP contribution < -0.4 is 21.9 Å². The van der Waals surface area contributed by atoms with Crippen LogP contribution in [0, 0.1) is 6.92 Å². The summed E-state index contributed by atoms with van der Waals surface area (Å²) in [5.41, 5.74) is 4.60. The number of nitrogens with zero attached hydrogens (tertiary/aromatic N) is 2. The van der Waals surface area contributed by atoms with E-state index in [1.807, 2.05) is 6.92 Å². The molecule has 2 aromatic rings. The minimum absolute atomic E-state index is 0.0358. The van der Waals surface area contributed by atoms with E-state index in [1.165, 1.54) is 17.7 Å². The number of aromatic amines is 1.